The Bertz CT molecular complexity index is 614. The number of hydrogen-bond donors (Lipinski definition) is 2. The lowest BCUT2D eigenvalue weighted by Crippen LogP contribution is -2.46. The molecule has 2 rings (SSSR count). The summed E-state index contributed by atoms with van der Waals surface area (Å²) in [5.41, 5.74) is -0.290. The molecule has 0 aromatic heterocycles. The molecule has 0 radical (unpaired) electrons. The molecule has 1 aliphatic rings. The van der Waals surface area contributed by atoms with Gasteiger partial charge in [0, 0.05) is 4.47 Å². The van der Waals surface area contributed by atoms with E-state index in [1.807, 2.05) is 19.9 Å². The van der Waals surface area contributed by atoms with Crippen molar-refractivity contribution in [2.75, 3.05) is 11.9 Å². The second-order valence-electron chi connectivity index (χ2n) is 5.14. The molecular weight excluding hydrogens is 350 g/mol. The second-order valence-corrected chi connectivity index (χ2v) is 5.99. The summed E-state index contributed by atoms with van der Waals surface area (Å²) >= 11 is 3.33. The van der Waals surface area contributed by atoms with Crippen LogP contribution >= 0.6 is 15.9 Å². The van der Waals surface area contributed by atoms with Gasteiger partial charge in [0.25, 0.3) is 5.91 Å². The molecule has 1 heterocycles. The number of carbonyl (C=O) groups excluding carboxylic acids is 3. The van der Waals surface area contributed by atoms with Gasteiger partial charge >= 0.3 is 6.03 Å². The summed E-state index contributed by atoms with van der Waals surface area (Å²) in [6.07, 6.45) is 0.993. The first kappa shape index (κ1) is 16.5. The van der Waals surface area contributed by atoms with Crippen LogP contribution in [0.25, 0.3) is 0 Å². The Kier molecular flexibility index (Phi) is 4.85. The smallest absolute Gasteiger partial charge is 0.324 e. The number of hydrogen-bond acceptors (Lipinski definition) is 3. The molecule has 0 spiro atoms. The maximum absolute atomic E-state index is 12.4. The molecule has 22 heavy (non-hydrogen) atoms. The fraction of sp³-hybridized carbons (Fsp3) is 0.400. The third-order valence-corrected chi connectivity index (χ3v) is 4.59. The molecule has 1 saturated heterocycles. The first-order valence-corrected chi connectivity index (χ1v) is 7.91. The van der Waals surface area contributed by atoms with Crippen molar-refractivity contribution in [3.63, 3.8) is 0 Å². The van der Waals surface area contributed by atoms with E-state index < -0.39 is 17.5 Å². The van der Waals surface area contributed by atoms with Crippen molar-refractivity contribution >= 4 is 39.5 Å². The van der Waals surface area contributed by atoms with Gasteiger partial charge in [-0.1, -0.05) is 26.0 Å². The minimum Gasteiger partial charge on any atom is -0.324 e. The normalized spacial score (nSPS) is 16.6. The molecule has 6 nitrogen and oxygen atoms in total. The molecule has 1 aromatic rings. The Balaban J connectivity index is 2.08. The van der Waals surface area contributed by atoms with E-state index in [9.17, 15) is 14.4 Å². The van der Waals surface area contributed by atoms with Crippen molar-refractivity contribution in [3.05, 3.63) is 28.7 Å². The first-order chi connectivity index (χ1) is 10.4. The van der Waals surface area contributed by atoms with Crippen LogP contribution in [0.5, 0.6) is 0 Å². The number of rotatable bonds is 5. The Morgan fingerprint density at radius 2 is 1.91 bits per heavy atom. The summed E-state index contributed by atoms with van der Waals surface area (Å²) < 4.78 is 0.733. The van der Waals surface area contributed by atoms with Gasteiger partial charge in [0.05, 0.1) is 5.69 Å². The van der Waals surface area contributed by atoms with Crippen LogP contribution in [0.4, 0.5) is 10.5 Å². The van der Waals surface area contributed by atoms with Crippen LogP contribution in [0, 0.1) is 0 Å². The zero-order chi connectivity index (χ0) is 16.3. The average molecular weight is 368 g/mol. The minimum atomic E-state index is -0.884. The molecule has 0 atom stereocenters. The van der Waals surface area contributed by atoms with E-state index in [4.69, 9.17) is 0 Å². The third kappa shape index (κ3) is 2.99. The molecule has 1 fully saturated rings. The highest BCUT2D eigenvalue weighted by Gasteiger charge is 2.49. The van der Waals surface area contributed by atoms with Crippen molar-refractivity contribution < 1.29 is 14.4 Å². The monoisotopic (exact) mass is 367 g/mol. The van der Waals surface area contributed by atoms with Gasteiger partial charge in [-0.2, -0.15) is 0 Å². The molecule has 118 valence electrons. The number of nitrogens with one attached hydrogen (secondary N) is 2. The molecule has 2 N–H and O–H groups in total. The first-order valence-electron chi connectivity index (χ1n) is 7.12. The molecule has 0 aliphatic carbocycles. The lowest BCUT2D eigenvalue weighted by Gasteiger charge is -2.23. The average Bonchev–Trinajstić information content (AvgIpc) is 2.74. The van der Waals surface area contributed by atoms with E-state index in [1.165, 1.54) is 0 Å². The van der Waals surface area contributed by atoms with Gasteiger partial charge in [0.1, 0.15) is 12.1 Å². The maximum Gasteiger partial charge on any atom is 0.325 e. The molecule has 1 aromatic carbocycles. The minimum absolute atomic E-state index is 0.298. The third-order valence-electron chi connectivity index (χ3n) is 3.90. The summed E-state index contributed by atoms with van der Waals surface area (Å²) in [6.45, 7) is 3.38. The highest BCUT2D eigenvalue weighted by molar-refractivity contribution is 9.10. The number of nitrogens with zero attached hydrogens (tertiary/aromatic N) is 1. The van der Waals surface area contributed by atoms with Crippen LogP contribution in [0.15, 0.2) is 28.7 Å². The summed E-state index contributed by atoms with van der Waals surface area (Å²) in [6, 6.07) is 6.62. The zero-order valence-electron chi connectivity index (χ0n) is 12.5. The van der Waals surface area contributed by atoms with Crippen LogP contribution in [0.3, 0.4) is 0 Å². The van der Waals surface area contributed by atoms with Crippen LogP contribution in [0.2, 0.25) is 0 Å². The summed E-state index contributed by atoms with van der Waals surface area (Å²) in [4.78, 5) is 37.5. The van der Waals surface area contributed by atoms with E-state index in [1.54, 1.807) is 18.2 Å². The molecule has 0 bridgehead atoms. The summed E-state index contributed by atoms with van der Waals surface area (Å²) in [5.74, 6) is -0.761. The van der Waals surface area contributed by atoms with E-state index in [0.29, 0.717) is 18.5 Å². The van der Waals surface area contributed by atoms with Crippen molar-refractivity contribution in [2.24, 2.45) is 0 Å². The van der Waals surface area contributed by atoms with E-state index in [0.717, 1.165) is 9.37 Å². The zero-order valence-corrected chi connectivity index (χ0v) is 14.1. The highest BCUT2D eigenvalue weighted by Crippen LogP contribution is 2.25. The van der Waals surface area contributed by atoms with Gasteiger partial charge in [-0.3, -0.25) is 14.5 Å². The van der Waals surface area contributed by atoms with E-state index >= 15 is 0 Å². The molecule has 1 aliphatic heterocycles. The second kappa shape index (κ2) is 6.48. The standard InChI is InChI=1S/C15H18BrN3O3/c1-3-15(4-2)13(21)19(14(22)18-15)9-12(20)17-11-8-6-5-7-10(11)16/h5-8H,3-4,9H2,1-2H3,(H,17,20)(H,18,22). The predicted molar refractivity (Wildman–Crippen MR) is 86.3 cm³/mol. The van der Waals surface area contributed by atoms with Crippen molar-refractivity contribution in [3.8, 4) is 0 Å². The van der Waals surface area contributed by atoms with Gasteiger partial charge in [-0.25, -0.2) is 4.79 Å². The highest BCUT2D eigenvalue weighted by atomic mass is 79.9. The van der Waals surface area contributed by atoms with Crippen molar-refractivity contribution in [1.29, 1.82) is 0 Å². The number of urea groups is 1. The molecule has 7 heteroatoms. The van der Waals surface area contributed by atoms with Gasteiger partial charge in [0.15, 0.2) is 0 Å². The fourth-order valence-corrected chi connectivity index (χ4v) is 2.83. The SMILES string of the molecule is CCC1(CC)NC(=O)N(CC(=O)Nc2ccccc2Br)C1=O. The molecule has 4 amide bonds. The Hall–Kier alpha value is -1.89. The van der Waals surface area contributed by atoms with Gasteiger partial charge in [0.2, 0.25) is 5.91 Å². The van der Waals surface area contributed by atoms with Gasteiger partial charge < -0.3 is 10.6 Å². The molecule has 0 unspecified atom stereocenters. The Morgan fingerprint density at radius 3 is 2.45 bits per heavy atom. The molecule has 0 saturated carbocycles. The van der Waals surface area contributed by atoms with Gasteiger partial charge in [-0.15, -0.1) is 0 Å². The Labute approximate surface area is 137 Å². The Morgan fingerprint density at radius 1 is 1.27 bits per heavy atom. The van der Waals surface area contributed by atoms with E-state index in [-0.39, 0.29) is 12.5 Å². The van der Waals surface area contributed by atoms with Crippen LogP contribution in [-0.4, -0.2) is 34.8 Å². The van der Waals surface area contributed by atoms with Crippen LogP contribution < -0.4 is 10.6 Å². The predicted octanol–water partition coefficient (Wildman–Crippen LogP) is 2.50. The number of imide groups is 1. The van der Waals surface area contributed by atoms with Crippen molar-refractivity contribution in [1.82, 2.24) is 10.2 Å². The quantitative estimate of drug-likeness (QED) is 0.784. The van der Waals surface area contributed by atoms with Crippen LogP contribution in [0.1, 0.15) is 26.7 Å². The largest absolute Gasteiger partial charge is 0.325 e. The number of anilines is 1. The van der Waals surface area contributed by atoms with Gasteiger partial charge in [-0.05, 0) is 40.9 Å². The fourth-order valence-electron chi connectivity index (χ4n) is 2.44. The number of carbonyl (C=O) groups is 3. The number of halogens is 1. The lowest BCUT2D eigenvalue weighted by molar-refractivity contribution is -0.134. The number of para-hydroxylation sites is 1. The number of amides is 4. The summed E-state index contributed by atoms with van der Waals surface area (Å²) in [5, 5.41) is 5.38. The lowest BCUT2D eigenvalue weighted by atomic mass is 9.93. The maximum atomic E-state index is 12.4. The molecular formula is C15H18BrN3O3. The van der Waals surface area contributed by atoms with E-state index in [2.05, 4.69) is 26.6 Å². The number of benzene rings is 1. The van der Waals surface area contributed by atoms with Crippen molar-refractivity contribution in [2.45, 2.75) is 32.2 Å². The topological polar surface area (TPSA) is 78.5 Å². The summed E-state index contributed by atoms with van der Waals surface area (Å²) in [7, 11) is 0. The van der Waals surface area contributed by atoms with Crippen LogP contribution in [-0.2, 0) is 9.59 Å².